The van der Waals surface area contributed by atoms with Crippen LogP contribution in [0.5, 0.6) is 11.5 Å². The second-order valence-corrected chi connectivity index (χ2v) is 5.59. The zero-order valence-corrected chi connectivity index (χ0v) is 13.7. The van der Waals surface area contributed by atoms with Gasteiger partial charge in [-0.1, -0.05) is 24.3 Å². The van der Waals surface area contributed by atoms with E-state index in [4.69, 9.17) is 14.2 Å². The predicted octanol–water partition coefficient (Wildman–Crippen LogP) is 3.33. The topological polar surface area (TPSA) is 39.7 Å². The molecule has 0 unspecified atom stereocenters. The summed E-state index contributed by atoms with van der Waals surface area (Å²) >= 11 is 0. The molecule has 1 N–H and O–H groups in total. The molecule has 0 aliphatic carbocycles. The van der Waals surface area contributed by atoms with E-state index in [1.807, 2.05) is 37.3 Å². The summed E-state index contributed by atoms with van der Waals surface area (Å²) in [6.45, 7) is 4.54. The molecule has 5 heteroatoms. The van der Waals surface area contributed by atoms with E-state index in [0.717, 1.165) is 12.1 Å². The van der Waals surface area contributed by atoms with Crippen molar-refractivity contribution in [2.75, 3.05) is 26.3 Å². The van der Waals surface area contributed by atoms with Crippen molar-refractivity contribution in [3.05, 3.63) is 59.9 Å². The van der Waals surface area contributed by atoms with Gasteiger partial charge in [-0.05, 0) is 36.8 Å². The molecule has 1 fully saturated rings. The first-order valence-electron chi connectivity index (χ1n) is 8.24. The number of morpholine rings is 1. The lowest BCUT2D eigenvalue weighted by Crippen LogP contribution is -2.43. The average molecular weight is 331 g/mol. The van der Waals surface area contributed by atoms with E-state index in [1.54, 1.807) is 6.07 Å². The van der Waals surface area contributed by atoms with Gasteiger partial charge in [0.2, 0.25) is 0 Å². The number of rotatable bonds is 6. The maximum absolute atomic E-state index is 13.7. The molecule has 24 heavy (non-hydrogen) atoms. The van der Waals surface area contributed by atoms with Gasteiger partial charge < -0.3 is 19.5 Å². The standard InChI is InChI=1S/C19H22FNO3/c1-2-22-16-8-3-4-9-17(16)24-19(18-13-21-10-11-23-18)14-6-5-7-15(20)12-14/h3-9,12,18-19,21H,2,10-11,13H2,1H3/t18-,19+/m1/s1. The third-order valence-electron chi connectivity index (χ3n) is 3.87. The van der Waals surface area contributed by atoms with Gasteiger partial charge in [0, 0.05) is 13.1 Å². The van der Waals surface area contributed by atoms with E-state index in [-0.39, 0.29) is 11.9 Å². The summed E-state index contributed by atoms with van der Waals surface area (Å²) in [5, 5.41) is 3.30. The van der Waals surface area contributed by atoms with Crippen LogP contribution >= 0.6 is 0 Å². The molecule has 128 valence electrons. The van der Waals surface area contributed by atoms with Gasteiger partial charge in [0.25, 0.3) is 0 Å². The first-order valence-corrected chi connectivity index (χ1v) is 8.24. The SMILES string of the molecule is CCOc1ccccc1O[C@@H](c1cccc(F)c1)[C@H]1CNCCO1. The van der Waals surface area contributed by atoms with Crippen LogP contribution in [0.4, 0.5) is 4.39 Å². The third-order valence-corrected chi connectivity index (χ3v) is 3.87. The maximum Gasteiger partial charge on any atom is 0.162 e. The molecule has 0 radical (unpaired) electrons. The Hall–Kier alpha value is -2.11. The molecular weight excluding hydrogens is 309 g/mol. The van der Waals surface area contributed by atoms with E-state index >= 15 is 0 Å². The van der Waals surface area contributed by atoms with Crippen LogP contribution < -0.4 is 14.8 Å². The lowest BCUT2D eigenvalue weighted by molar-refractivity contribution is -0.0440. The second-order valence-electron chi connectivity index (χ2n) is 5.59. The fourth-order valence-corrected chi connectivity index (χ4v) is 2.78. The minimum atomic E-state index is -0.421. The summed E-state index contributed by atoms with van der Waals surface area (Å²) in [6.07, 6.45) is -0.620. The Morgan fingerprint density at radius 1 is 1.21 bits per heavy atom. The first-order chi connectivity index (χ1) is 11.8. The number of halogens is 1. The monoisotopic (exact) mass is 331 g/mol. The van der Waals surface area contributed by atoms with Crippen LogP contribution in [0.2, 0.25) is 0 Å². The minimum absolute atomic E-state index is 0.199. The van der Waals surface area contributed by atoms with Crippen LogP contribution in [0, 0.1) is 5.82 Å². The van der Waals surface area contributed by atoms with Gasteiger partial charge in [-0.25, -0.2) is 4.39 Å². The van der Waals surface area contributed by atoms with E-state index < -0.39 is 6.10 Å². The lowest BCUT2D eigenvalue weighted by Gasteiger charge is -2.32. The molecule has 0 spiro atoms. The number of hydrogen-bond acceptors (Lipinski definition) is 4. The van der Waals surface area contributed by atoms with E-state index in [0.29, 0.717) is 31.3 Å². The van der Waals surface area contributed by atoms with Gasteiger partial charge in [-0.3, -0.25) is 0 Å². The molecule has 4 nitrogen and oxygen atoms in total. The van der Waals surface area contributed by atoms with Gasteiger partial charge >= 0.3 is 0 Å². The van der Waals surface area contributed by atoms with Gasteiger partial charge in [0.1, 0.15) is 11.9 Å². The van der Waals surface area contributed by atoms with Crippen molar-refractivity contribution in [1.29, 1.82) is 0 Å². The fourth-order valence-electron chi connectivity index (χ4n) is 2.78. The molecule has 2 aromatic rings. The zero-order chi connectivity index (χ0) is 16.8. The lowest BCUT2D eigenvalue weighted by atomic mass is 10.0. The zero-order valence-electron chi connectivity index (χ0n) is 13.7. The number of benzene rings is 2. The minimum Gasteiger partial charge on any atom is -0.490 e. The molecule has 1 saturated heterocycles. The number of ether oxygens (including phenoxy) is 3. The quantitative estimate of drug-likeness (QED) is 0.881. The molecule has 0 amide bonds. The highest BCUT2D eigenvalue weighted by Gasteiger charge is 2.29. The summed E-state index contributed by atoms with van der Waals surface area (Å²) in [4.78, 5) is 0. The summed E-state index contributed by atoms with van der Waals surface area (Å²) in [5.74, 6) is 1.01. The van der Waals surface area contributed by atoms with Crippen molar-refractivity contribution in [3.63, 3.8) is 0 Å². The Balaban J connectivity index is 1.90. The maximum atomic E-state index is 13.7. The fraction of sp³-hybridized carbons (Fsp3) is 0.368. The van der Waals surface area contributed by atoms with Gasteiger partial charge in [0.15, 0.2) is 17.6 Å². The van der Waals surface area contributed by atoms with Crippen LogP contribution in [0.1, 0.15) is 18.6 Å². The van der Waals surface area contributed by atoms with Gasteiger partial charge in [-0.15, -0.1) is 0 Å². The van der Waals surface area contributed by atoms with Crippen molar-refractivity contribution in [1.82, 2.24) is 5.32 Å². The number of hydrogen-bond donors (Lipinski definition) is 1. The molecule has 3 rings (SSSR count). The Labute approximate surface area is 141 Å². The molecule has 0 saturated carbocycles. The summed E-state index contributed by atoms with van der Waals surface area (Å²) < 4.78 is 31.4. The van der Waals surface area contributed by atoms with Crippen LogP contribution in [0.3, 0.4) is 0 Å². The molecule has 1 heterocycles. The van der Waals surface area contributed by atoms with E-state index in [2.05, 4.69) is 5.32 Å². The molecule has 0 aromatic heterocycles. The van der Waals surface area contributed by atoms with E-state index in [1.165, 1.54) is 12.1 Å². The normalized spacial score (nSPS) is 18.8. The highest BCUT2D eigenvalue weighted by atomic mass is 19.1. The van der Waals surface area contributed by atoms with Crippen molar-refractivity contribution >= 4 is 0 Å². The molecule has 2 atom stereocenters. The van der Waals surface area contributed by atoms with Crippen molar-refractivity contribution < 1.29 is 18.6 Å². The van der Waals surface area contributed by atoms with Crippen LogP contribution in [-0.2, 0) is 4.74 Å². The van der Waals surface area contributed by atoms with Crippen molar-refractivity contribution in [3.8, 4) is 11.5 Å². The molecule has 1 aliphatic heterocycles. The van der Waals surface area contributed by atoms with Crippen LogP contribution in [0.25, 0.3) is 0 Å². The van der Waals surface area contributed by atoms with Gasteiger partial charge in [0.05, 0.1) is 13.2 Å². The second kappa shape index (κ2) is 8.13. The summed E-state index contributed by atoms with van der Waals surface area (Å²) in [6, 6.07) is 14.0. The van der Waals surface area contributed by atoms with Crippen molar-refractivity contribution in [2.24, 2.45) is 0 Å². The largest absolute Gasteiger partial charge is 0.490 e. The Kier molecular flexibility index (Phi) is 5.67. The molecule has 1 aliphatic rings. The van der Waals surface area contributed by atoms with Crippen LogP contribution in [0.15, 0.2) is 48.5 Å². The van der Waals surface area contributed by atoms with Crippen molar-refractivity contribution in [2.45, 2.75) is 19.1 Å². The highest BCUT2D eigenvalue weighted by molar-refractivity contribution is 5.40. The first kappa shape index (κ1) is 16.7. The van der Waals surface area contributed by atoms with Gasteiger partial charge in [-0.2, -0.15) is 0 Å². The Morgan fingerprint density at radius 2 is 2.04 bits per heavy atom. The Bertz CT molecular complexity index is 659. The number of para-hydroxylation sites is 2. The number of nitrogens with one attached hydrogen (secondary N) is 1. The average Bonchev–Trinajstić information content (AvgIpc) is 2.62. The Morgan fingerprint density at radius 3 is 2.75 bits per heavy atom. The predicted molar refractivity (Wildman–Crippen MR) is 90.0 cm³/mol. The summed E-state index contributed by atoms with van der Waals surface area (Å²) in [5.41, 5.74) is 0.745. The summed E-state index contributed by atoms with van der Waals surface area (Å²) in [7, 11) is 0. The third kappa shape index (κ3) is 4.04. The van der Waals surface area contributed by atoms with Crippen LogP contribution in [-0.4, -0.2) is 32.4 Å². The molecule has 0 bridgehead atoms. The van der Waals surface area contributed by atoms with E-state index in [9.17, 15) is 4.39 Å². The molecule has 2 aromatic carbocycles. The highest BCUT2D eigenvalue weighted by Crippen LogP contribution is 2.33. The smallest absolute Gasteiger partial charge is 0.162 e. The molecular formula is C19H22FNO3.